The van der Waals surface area contributed by atoms with Crippen molar-refractivity contribution in [3.63, 3.8) is 0 Å². The summed E-state index contributed by atoms with van der Waals surface area (Å²) in [5.74, 6) is -0.726. The molecule has 0 atom stereocenters. The van der Waals surface area contributed by atoms with Crippen LogP contribution in [-0.4, -0.2) is 59.4 Å². The highest BCUT2D eigenvalue weighted by molar-refractivity contribution is 5.69. The molecule has 0 radical (unpaired) electrons. The van der Waals surface area contributed by atoms with E-state index in [2.05, 4.69) is 24.1 Å². The summed E-state index contributed by atoms with van der Waals surface area (Å²) in [5.41, 5.74) is 0. The van der Waals surface area contributed by atoms with E-state index in [4.69, 9.17) is 9.84 Å². The van der Waals surface area contributed by atoms with Crippen molar-refractivity contribution < 1.29 is 14.6 Å². The van der Waals surface area contributed by atoms with Gasteiger partial charge in [-0.3, -0.25) is 9.69 Å². The molecule has 2 saturated carbocycles. The zero-order valence-electron chi connectivity index (χ0n) is 12.8. The van der Waals surface area contributed by atoms with E-state index in [1.165, 1.54) is 0 Å². The molecule has 2 aliphatic carbocycles. The van der Waals surface area contributed by atoms with Crippen molar-refractivity contribution in [3.8, 4) is 0 Å². The van der Waals surface area contributed by atoms with Gasteiger partial charge in [-0.25, -0.2) is 0 Å². The second-order valence-electron chi connectivity index (χ2n) is 6.42. The number of ether oxygens (including phenoxy) is 1. The molecule has 0 heterocycles. The summed E-state index contributed by atoms with van der Waals surface area (Å²) >= 11 is 0. The standard InChI is InChI=1S/C15H28N2O3/c1-4-17(9-15(18)19)13-5-11(6-13)16-12-7-14(8-12)20-10(2)3/h10-14,16H,4-9H2,1-3H3,(H,18,19). The van der Waals surface area contributed by atoms with E-state index < -0.39 is 5.97 Å². The molecule has 0 unspecified atom stereocenters. The molecule has 0 aromatic carbocycles. The maximum absolute atomic E-state index is 10.8. The topological polar surface area (TPSA) is 61.8 Å². The van der Waals surface area contributed by atoms with Gasteiger partial charge in [0.15, 0.2) is 0 Å². The van der Waals surface area contributed by atoms with Gasteiger partial charge in [-0.2, -0.15) is 0 Å². The molecular formula is C15H28N2O3. The number of rotatable bonds is 8. The highest BCUT2D eigenvalue weighted by atomic mass is 16.5. The van der Waals surface area contributed by atoms with Gasteiger partial charge in [0.05, 0.1) is 18.8 Å². The van der Waals surface area contributed by atoms with Crippen LogP contribution in [0, 0.1) is 0 Å². The molecule has 0 aliphatic heterocycles. The zero-order chi connectivity index (χ0) is 14.7. The molecular weight excluding hydrogens is 256 g/mol. The van der Waals surface area contributed by atoms with E-state index in [0.717, 1.165) is 32.2 Å². The third-order valence-corrected chi connectivity index (χ3v) is 4.40. The quantitative estimate of drug-likeness (QED) is 0.707. The smallest absolute Gasteiger partial charge is 0.317 e. The van der Waals surface area contributed by atoms with Gasteiger partial charge in [0.25, 0.3) is 0 Å². The largest absolute Gasteiger partial charge is 0.480 e. The van der Waals surface area contributed by atoms with Gasteiger partial charge in [-0.15, -0.1) is 0 Å². The summed E-state index contributed by atoms with van der Waals surface area (Å²) in [6, 6.07) is 1.60. The molecule has 5 nitrogen and oxygen atoms in total. The second-order valence-corrected chi connectivity index (χ2v) is 6.42. The van der Waals surface area contributed by atoms with Crippen LogP contribution in [0.5, 0.6) is 0 Å². The average Bonchev–Trinajstić information content (AvgIpc) is 2.25. The van der Waals surface area contributed by atoms with E-state index in [1.54, 1.807) is 0 Å². The Hall–Kier alpha value is -0.650. The molecule has 0 aromatic rings. The minimum atomic E-state index is -0.726. The SMILES string of the molecule is CCN(CC(=O)O)C1CC(NC2CC(OC(C)C)C2)C1. The van der Waals surface area contributed by atoms with Crippen molar-refractivity contribution in [2.75, 3.05) is 13.1 Å². The lowest BCUT2D eigenvalue weighted by Crippen LogP contribution is -2.58. The van der Waals surface area contributed by atoms with Crippen molar-refractivity contribution in [1.82, 2.24) is 10.2 Å². The van der Waals surface area contributed by atoms with Crippen LogP contribution in [0.25, 0.3) is 0 Å². The number of hydrogen-bond donors (Lipinski definition) is 2. The van der Waals surface area contributed by atoms with E-state index >= 15 is 0 Å². The van der Waals surface area contributed by atoms with Crippen molar-refractivity contribution in [1.29, 1.82) is 0 Å². The van der Waals surface area contributed by atoms with E-state index in [0.29, 0.717) is 30.3 Å². The Labute approximate surface area is 121 Å². The van der Waals surface area contributed by atoms with Crippen LogP contribution < -0.4 is 5.32 Å². The number of likely N-dealkylation sites (N-methyl/N-ethyl adjacent to an activating group) is 1. The van der Waals surface area contributed by atoms with Crippen LogP contribution in [0.3, 0.4) is 0 Å². The highest BCUT2D eigenvalue weighted by Crippen LogP contribution is 2.30. The van der Waals surface area contributed by atoms with Crippen molar-refractivity contribution in [2.45, 2.75) is 76.8 Å². The van der Waals surface area contributed by atoms with Gasteiger partial charge < -0.3 is 15.2 Å². The molecule has 0 amide bonds. The molecule has 2 aliphatic rings. The molecule has 0 saturated heterocycles. The van der Waals surface area contributed by atoms with Crippen LogP contribution in [-0.2, 0) is 9.53 Å². The lowest BCUT2D eigenvalue weighted by Gasteiger charge is -2.46. The number of carbonyl (C=O) groups is 1. The number of aliphatic carboxylic acids is 1. The summed E-state index contributed by atoms with van der Waals surface area (Å²) in [4.78, 5) is 12.8. The maximum Gasteiger partial charge on any atom is 0.317 e. The first-order valence-electron chi connectivity index (χ1n) is 7.85. The molecule has 2 rings (SSSR count). The fraction of sp³-hybridized carbons (Fsp3) is 0.933. The summed E-state index contributed by atoms with van der Waals surface area (Å²) in [6.45, 7) is 7.18. The third-order valence-electron chi connectivity index (χ3n) is 4.40. The summed E-state index contributed by atoms with van der Waals surface area (Å²) in [6.07, 6.45) is 5.14. The first-order chi connectivity index (χ1) is 9.47. The van der Waals surface area contributed by atoms with Crippen molar-refractivity contribution in [3.05, 3.63) is 0 Å². The Morgan fingerprint density at radius 1 is 1.30 bits per heavy atom. The second kappa shape index (κ2) is 6.87. The fourth-order valence-corrected chi connectivity index (χ4v) is 3.23. The van der Waals surface area contributed by atoms with Crippen LogP contribution in [0.1, 0.15) is 46.5 Å². The van der Waals surface area contributed by atoms with Crippen LogP contribution in [0.15, 0.2) is 0 Å². The molecule has 20 heavy (non-hydrogen) atoms. The number of carboxylic acids is 1. The lowest BCUT2D eigenvalue weighted by molar-refractivity contribution is -0.139. The van der Waals surface area contributed by atoms with E-state index in [9.17, 15) is 4.79 Å². The molecule has 2 N–H and O–H groups in total. The summed E-state index contributed by atoms with van der Waals surface area (Å²) in [7, 11) is 0. The Morgan fingerprint density at radius 3 is 2.40 bits per heavy atom. The minimum Gasteiger partial charge on any atom is -0.480 e. The van der Waals surface area contributed by atoms with Gasteiger partial charge in [0, 0.05) is 18.1 Å². The normalized spacial score (nSPS) is 33.0. The lowest BCUT2D eigenvalue weighted by atomic mass is 9.81. The van der Waals surface area contributed by atoms with Gasteiger partial charge in [0.2, 0.25) is 0 Å². The molecule has 116 valence electrons. The van der Waals surface area contributed by atoms with Crippen LogP contribution in [0.2, 0.25) is 0 Å². The molecule has 0 spiro atoms. The Bertz CT molecular complexity index is 323. The monoisotopic (exact) mass is 284 g/mol. The van der Waals surface area contributed by atoms with E-state index in [-0.39, 0.29) is 6.54 Å². The number of carboxylic acid groups (broad SMARTS) is 1. The Kier molecular flexibility index (Phi) is 5.41. The summed E-state index contributed by atoms with van der Waals surface area (Å²) in [5, 5.41) is 12.5. The van der Waals surface area contributed by atoms with Gasteiger partial charge in [0.1, 0.15) is 0 Å². The van der Waals surface area contributed by atoms with Crippen LogP contribution in [0.4, 0.5) is 0 Å². The Balaban J connectivity index is 1.59. The number of nitrogens with one attached hydrogen (secondary N) is 1. The predicted octanol–water partition coefficient (Wildman–Crippen LogP) is 1.47. The van der Waals surface area contributed by atoms with Crippen LogP contribution >= 0.6 is 0 Å². The first-order valence-corrected chi connectivity index (χ1v) is 7.85. The molecule has 0 bridgehead atoms. The van der Waals surface area contributed by atoms with Gasteiger partial charge >= 0.3 is 5.97 Å². The third kappa shape index (κ3) is 4.17. The maximum atomic E-state index is 10.8. The predicted molar refractivity (Wildman–Crippen MR) is 77.9 cm³/mol. The van der Waals surface area contributed by atoms with Crippen molar-refractivity contribution in [2.24, 2.45) is 0 Å². The molecule has 2 fully saturated rings. The minimum absolute atomic E-state index is 0.168. The highest BCUT2D eigenvalue weighted by Gasteiger charge is 2.38. The molecule has 0 aromatic heterocycles. The fourth-order valence-electron chi connectivity index (χ4n) is 3.23. The molecule has 5 heteroatoms. The average molecular weight is 284 g/mol. The van der Waals surface area contributed by atoms with Gasteiger partial charge in [-0.1, -0.05) is 6.92 Å². The van der Waals surface area contributed by atoms with E-state index in [1.807, 2.05) is 6.92 Å². The van der Waals surface area contributed by atoms with Crippen molar-refractivity contribution >= 4 is 5.97 Å². The zero-order valence-corrected chi connectivity index (χ0v) is 12.8. The summed E-state index contributed by atoms with van der Waals surface area (Å²) < 4.78 is 5.76. The number of nitrogens with zero attached hydrogens (tertiary/aromatic N) is 1. The van der Waals surface area contributed by atoms with Gasteiger partial charge in [-0.05, 0) is 46.1 Å². The Morgan fingerprint density at radius 2 is 1.90 bits per heavy atom. The first kappa shape index (κ1) is 15.7. The number of hydrogen-bond acceptors (Lipinski definition) is 4.